The minimum absolute atomic E-state index is 0.110. The van der Waals surface area contributed by atoms with Gasteiger partial charge in [0.2, 0.25) is 5.91 Å². The second kappa shape index (κ2) is 8.93. The molecule has 31 heavy (non-hydrogen) atoms. The highest BCUT2D eigenvalue weighted by atomic mass is 32.1. The molecule has 2 aromatic rings. The number of carbonyl (C=O) groups excluding carboxylic acids is 3. The molecule has 1 saturated heterocycles. The molecule has 2 heterocycles. The lowest BCUT2D eigenvalue weighted by molar-refractivity contribution is -0.128. The first-order chi connectivity index (χ1) is 15.0. The van der Waals surface area contributed by atoms with Crippen LogP contribution in [-0.2, 0) is 29.0 Å². The Morgan fingerprint density at radius 3 is 2.81 bits per heavy atom. The van der Waals surface area contributed by atoms with Crippen LogP contribution in [0, 0.1) is 0 Å². The van der Waals surface area contributed by atoms with Gasteiger partial charge in [-0.25, -0.2) is 9.78 Å². The lowest BCUT2D eigenvalue weighted by Crippen LogP contribution is -2.31. The molecule has 1 aliphatic carbocycles. The molecular weight excluding hydrogens is 420 g/mol. The lowest BCUT2D eigenvalue weighted by atomic mass is 10.1. The van der Waals surface area contributed by atoms with Crippen LogP contribution in [0.1, 0.15) is 35.4 Å². The molecule has 1 aliphatic heterocycles. The zero-order valence-corrected chi connectivity index (χ0v) is 18.2. The third kappa shape index (κ3) is 4.48. The van der Waals surface area contributed by atoms with Gasteiger partial charge in [0.15, 0.2) is 16.6 Å². The normalized spacial score (nSPS) is 17.5. The summed E-state index contributed by atoms with van der Waals surface area (Å²) in [6, 6.07) is 4.03. The maximum absolute atomic E-state index is 12.7. The molecule has 164 valence electrons. The molecule has 10 heteroatoms. The molecule has 0 bridgehead atoms. The maximum atomic E-state index is 12.7. The van der Waals surface area contributed by atoms with Crippen molar-refractivity contribution in [3.8, 4) is 11.5 Å². The summed E-state index contributed by atoms with van der Waals surface area (Å²) in [6.07, 6.45) is 3.43. The quantitative estimate of drug-likeness (QED) is 0.606. The monoisotopic (exact) mass is 444 g/mol. The molecule has 1 aromatic carbocycles. The van der Waals surface area contributed by atoms with E-state index < -0.39 is 12.1 Å². The molecule has 0 saturated carbocycles. The van der Waals surface area contributed by atoms with E-state index in [1.54, 1.807) is 18.2 Å². The van der Waals surface area contributed by atoms with E-state index in [0.29, 0.717) is 16.6 Å². The average Bonchev–Trinajstić information content (AvgIpc) is 3.42. The fourth-order valence-electron chi connectivity index (χ4n) is 3.78. The Balaban J connectivity index is 1.32. The van der Waals surface area contributed by atoms with Crippen LogP contribution in [-0.4, -0.2) is 48.0 Å². The number of methoxy groups -OCH3 is 2. The van der Waals surface area contributed by atoms with Crippen LogP contribution in [0.3, 0.4) is 0 Å². The molecule has 2 aliphatic rings. The van der Waals surface area contributed by atoms with Crippen molar-refractivity contribution in [1.82, 2.24) is 15.2 Å². The van der Waals surface area contributed by atoms with Crippen LogP contribution in [0.25, 0.3) is 0 Å². The number of benzene rings is 1. The van der Waals surface area contributed by atoms with Crippen molar-refractivity contribution in [3.05, 3.63) is 34.3 Å². The Morgan fingerprint density at radius 1 is 1.26 bits per heavy atom. The van der Waals surface area contributed by atoms with E-state index in [1.807, 2.05) is 0 Å². The standard InChI is InChI=1S/C21H24N4O5S/c1-29-15-8-6-12(10-16(15)30-2)11-25-19(27)14(23-21(25)28)7-9-18(26)24-20-22-13-4-3-5-17(13)31-20/h6,8,10,14H,3-5,7,9,11H2,1-2H3,(H,23,28)(H,22,24,26). The Hall–Kier alpha value is -3.14. The number of nitrogens with zero attached hydrogens (tertiary/aromatic N) is 2. The Labute approximate surface area is 183 Å². The average molecular weight is 445 g/mol. The fourth-order valence-corrected chi connectivity index (χ4v) is 4.85. The number of nitrogens with one attached hydrogen (secondary N) is 2. The number of carbonyl (C=O) groups is 3. The number of imide groups is 1. The summed E-state index contributed by atoms with van der Waals surface area (Å²) in [5, 5.41) is 6.07. The van der Waals surface area contributed by atoms with Gasteiger partial charge < -0.3 is 20.1 Å². The van der Waals surface area contributed by atoms with Gasteiger partial charge in [0.25, 0.3) is 5.91 Å². The predicted molar refractivity (Wildman–Crippen MR) is 114 cm³/mol. The first-order valence-electron chi connectivity index (χ1n) is 10.1. The number of thiazole rings is 1. The second-order valence-electron chi connectivity index (χ2n) is 7.45. The largest absolute Gasteiger partial charge is 0.493 e. The summed E-state index contributed by atoms with van der Waals surface area (Å²) in [6.45, 7) is 0.110. The van der Waals surface area contributed by atoms with Crippen LogP contribution >= 0.6 is 11.3 Å². The Morgan fingerprint density at radius 2 is 2.06 bits per heavy atom. The number of hydrogen-bond donors (Lipinski definition) is 2. The highest BCUT2D eigenvalue weighted by molar-refractivity contribution is 7.15. The summed E-state index contributed by atoms with van der Waals surface area (Å²) in [5.74, 6) is 0.528. The van der Waals surface area contributed by atoms with Crippen molar-refractivity contribution >= 4 is 34.3 Å². The van der Waals surface area contributed by atoms with Gasteiger partial charge in [-0.15, -0.1) is 11.3 Å². The van der Waals surface area contributed by atoms with Crippen molar-refractivity contribution in [1.29, 1.82) is 0 Å². The molecule has 4 rings (SSSR count). The predicted octanol–water partition coefficient (Wildman–Crippen LogP) is 2.49. The van der Waals surface area contributed by atoms with Crippen LogP contribution < -0.4 is 20.1 Å². The third-order valence-electron chi connectivity index (χ3n) is 5.40. The number of anilines is 1. The van der Waals surface area contributed by atoms with Gasteiger partial charge in [0.05, 0.1) is 26.5 Å². The van der Waals surface area contributed by atoms with Crippen molar-refractivity contribution in [2.24, 2.45) is 0 Å². The summed E-state index contributed by atoms with van der Waals surface area (Å²) < 4.78 is 10.5. The number of aryl methyl sites for hydroxylation is 2. The number of urea groups is 1. The van der Waals surface area contributed by atoms with Crippen LogP contribution in [0.15, 0.2) is 18.2 Å². The summed E-state index contributed by atoms with van der Waals surface area (Å²) >= 11 is 1.51. The number of rotatable bonds is 8. The first-order valence-corrected chi connectivity index (χ1v) is 10.9. The van der Waals surface area contributed by atoms with E-state index in [0.717, 1.165) is 35.4 Å². The molecule has 0 radical (unpaired) electrons. The number of amides is 4. The minimum atomic E-state index is -0.723. The highest BCUT2D eigenvalue weighted by Crippen LogP contribution is 2.31. The SMILES string of the molecule is COc1ccc(CN2C(=O)NC(CCC(=O)Nc3nc4c(s3)CCC4)C2=O)cc1OC. The zero-order valence-electron chi connectivity index (χ0n) is 17.4. The van der Waals surface area contributed by atoms with Crippen LogP contribution in [0.2, 0.25) is 0 Å². The molecule has 1 atom stereocenters. The van der Waals surface area contributed by atoms with E-state index in [-0.39, 0.29) is 31.2 Å². The van der Waals surface area contributed by atoms with E-state index in [2.05, 4.69) is 15.6 Å². The molecule has 4 amide bonds. The molecule has 9 nitrogen and oxygen atoms in total. The molecule has 1 aromatic heterocycles. The van der Waals surface area contributed by atoms with Gasteiger partial charge in [0.1, 0.15) is 6.04 Å². The van der Waals surface area contributed by atoms with E-state index in [9.17, 15) is 14.4 Å². The van der Waals surface area contributed by atoms with Crippen LogP contribution in [0.4, 0.5) is 9.93 Å². The molecule has 1 fully saturated rings. The first kappa shape index (κ1) is 21.1. The Bertz CT molecular complexity index is 1000. The van der Waals surface area contributed by atoms with Gasteiger partial charge in [-0.1, -0.05) is 6.07 Å². The van der Waals surface area contributed by atoms with Crippen molar-refractivity contribution in [3.63, 3.8) is 0 Å². The van der Waals surface area contributed by atoms with E-state index >= 15 is 0 Å². The summed E-state index contributed by atoms with van der Waals surface area (Å²) in [7, 11) is 3.06. The van der Waals surface area contributed by atoms with Gasteiger partial charge in [-0.3, -0.25) is 14.5 Å². The van der Waals surface area contributed by atoms with Crippen molar-refractivity contribution < 1.29 is 23.9 Å². The zero-order chi connectivity index (χ0) is 22.0. The molecular formula is C21H24N4O5S. The number of ether oxygens (including phenoxy) is 2. The number of aromatic nitrogens is 1. The van der Waals surface area contributed by atoms with Crippen LogP contribution in [0.5, 0.6) is 11.5 Å². The fraction of sp³-hybridized carbons (Fsp3) is 0.429. The summed E-state index contributed by atoms with van der Waals surface area (Å²) in [4.78, 5) is 44.1. The van der Waals surface area contributed by atoms with Crippen molar-refractivity contribution in [2.75, 3.05) is 19.5 Å². The number of hydrogen-bond acceptors (Lipinski definition) is 7. The van der Waals surface area contributed by atoms with Crippen molar-refractivity contribution in [2.45, 2.75) is 44.7 Å². The molecule has 2 N–H and O–H groups in total. The third-order valence-corrected chi connectivity index (χ3v) is 6.47. The van der Waals surface area contributed by atoms with E-state index in [1.165, 1.54) is 30.4 Å². The minimum Gasteiger partial charge on any atom is -0.493 e. The Kier molecular flexibility index (Phi) is 6.08. The topological polar surface area (TPSA) is 110 Å². The maximum Gasteiger partial charge on any atom is 0.325 e. The van der Waals surface area contributed by atoms with Gasteiger partial charge in [-0.2, -0.15) is 0 Å². The van der Waals surface area contributed by atoms with E-state index in [4.69, 9.17) is 9.47 Å². The lowest BCUT2D eigenvalue weighted by Gasteiger charge is -2.15. The summed E-state index contributed by atoms with van der Waals surface area (Å²) in [5.41, 5.74) is 1.81. The molecule has 0 spiro atoms. The van der Waals surface area contributed by atoms with Gasteiger partial charge in [-0.05, 0) is 43.4 Å². The number of fused-ring (bicyclic) bond motifs is 1. The highest BCUT2D eigenvalue weighted by Gasteiger charge is 2.38. The van der Waals surface area contributed by atoms with Gasteiger partial charge in [0, 0.05) is 11.3 Å². The molecule has 1 unspecified atom stereocenters. The smallest absolute Gasteiger partial charge is 0.325 e. The second-order valence-corrected chi connectivity index (χ2v) is 8.53. The van der Waals surface area contributed by atoms with Gasteiger partial charge >= 0.3 is 6.03 Å².